The zero-order valence-corrected chi connectivity index (χ0v) is 20.6. The lowest BCUT2D eigenvalue weighted by Gasteiger charge is -2.23. The number of aliphatic hydroxyl groups is 3. The number of unbranched alkanes of at least 4 members (excludes halogenated alkanes) is 1. The van der Waals surface area contributed by atoms with Gasteiger partial charge in [0.25, 0.3) is 5.09 Å². The number of benzene rings is 1. The molecule has 1 aliphatic rings. The first-order valence-corrected chi connectivity index (χ1v) is 12.5. The number of hydrogen-bond donors (Lipinski definition) is 3. The molecule has 0 aliphatic heterocycles. The molecule has 1 fully saturated rings. The van der Waals surface area contributed by atoms with Gasteiger partial charge in [0.2, 0.25) is 5.91 Å². The molecule has 1 saturated carbocycles. The van der Waals surface area contributed by atoms with Gasteiger partial charge in [-0.15, -0.1) is 10.1 Å². The standard InChI is InChI=1S/C26H40N2O7/c1-27(17-18-35-28(33)34)26(32)12-8-3-2-7-11-22-23(25(31)19-24(22)30)16-15-21(29)14-13-20-9-5-4-6-10-20/h2,4-7,9-10,21-25,29-31H,3,8,11-19H2,1H3/t21-,22+,23+,24-,25+/m0/s1. The van der Waals surface area contributed by atoms with Crippen LogP contribution in [0.5, 0.6) is 0 Å². The van der Waals surface area contributed by atoms with Crippen LogP contribution < -0.4 is 0 Å². The molecule has 9 nitrogen and oxygen atoms in total. The summed E-state index contributed by atoms with van der Waals surface area (Å²) in [6.07, 6.45) is 7.93. The van der Waals surface area contributed by atoms with Crippen LogP contribution >= 0.6 is 0 Å². The van der Waals surface area contributed by atoms with Crippen LogP contribution in [0.1, 0.15) is 56.9 Å². The molecule has 0 unspecified atom stereocenters. The van der Waals surface area contributed by atoms with E-state index in [-0.39, 0.29) is 30.9 Å². The van der Waals surface area contributed by atoms with Crippen molar-refractivity contribution < 1.29 is 30.0 Å². The molecule has 196 valence electrons. The first-order chi connectivity index (χ1) is 16.8. The van der Waals surface area contributed by atoms with E-state index < -0.39 is 23.4 Å². The molecular weight excluding hydrogens is 452 g/mol. The molecule has 5 atom stereocenters. The Balaban J connectivity index is 1.67. The molecule has 0 spiro atoms. The van der Waals surface area contributed by atoms with Crippen molar-refractivity contribution in [1.82, 2.24) is 4.90 Å². The van der Waals surface area contributed by atoms with E-state index in [0.717, 1.165) is 6.42 Å². The summed E-state index contributed by atoms with van der Waals surface area (Å²) in [6.45, 7) is 0.0236. The molecule has 3 N–H and O–H groups in total. The van der Waals surface area contributed by atoms with Gasteiger partial charge in [-0.1, -0.05) is 42.5 Å². The second-order valence-corrected chi connectivity index (χ2v) is 9.43. The molecule has 1 aromatic rings. The van der Waals surface area contributed by atoms with Crippen molar-refractivity contribution in [2.75, 3.05) is 20.2 Å². The van der Waals surface area contributed by atoms with Gasteiger partial charge >= 0.3 is 0 Å². The Hall–Kier alpha value is -2.49. The summed E-state index contributed by atoms with van der Waals surface area (Å²) in [6, 6.07) is 10.1. The third-order valence-electron chi connectivity index (χ3n) is 6.85. The van der Waals surface area contributed by atoms with Gasteiger partial charge in [0.15, 0.2) is 0 Å². The number of carbonyl (C=O) groups excluding carboxylic acids is 1. The molecule has 1 aliphatic carbocycles. The molecule has 1 aromatic carbocycles. The van der Waals surface area contributed by atoms with E-state index in [9.17, 15) is 30.2 Å². The second kappa shape index (κ2) is 15.5. The number of allylic oxidation sites excluding steroid dienone is 2. The molecular formula is C26H40N2O7. The van der Waals surface area contributed by atoms with Gasteiger partial charge in [-0.25, -0.2) is 0 Å². The zero-order valence-electron chi connectivity index (χ0n) is 20.6. The van der Waals surface area contributed by atoms with Crippen LogP contribution in [0.2, 0.25) is 0 Å². The average molecular weight is 493 g/mol. The van der Waals surface area contributed by atoms with E-state index in [1.165, 1.54) is 10.5 Å². The topological polar surface area (TPSA) is 133 Å². The molecule has 1 amide bonds. The van der Waals surface area contributed by atoms with Crippen LogP contribution in [0.4, 0.5) is 0 Å². The summed E-state index contributed by atoms with van der Waals surface area (Å²) in [5.41, 5.74) is 1.20. The molecule has 9 heteroatoms. The maximum atomic E-state index is 12.0. The maximum Gasteiger partial charge on any atom is 0.294 e. The Morgan fingerprint density at radius 3 is 2.63 bits per heavy atom. The Morgan fingerprint density at radius 2 is 1.91 bits per heavy atom. The lowest BCUT2D eigenvalue weighted by atomic mass is 9.85. The van der Waals surface area contributed by atoms with Crippen LogP contribution in [0.15, 0.2) is 42.5 Å². The van der Waals surface area contributed by atoms with Crippen LogP contribution in [0.25, 0.3) is 0 Å². The van der Waals surface area contributed by atoms with Crippen molar-refractivity contribution in [3.8, 4) is 0 Å². The van der Waals surface area contributed by atoms with Gasteiger partial charge in [0.1, 0.15) is 6.61 Å². The van der Waals surface area contributed by atoms with Gasteiger partial charge in [-0.05, 0) is 68.8 Å². The SMILES string of the molecule is CN(CCO[N+](=O)[O-])C(=O)CCCC=CC[C@@H]1[C@@H](CC[C@@H](O)CCc2ccccc2)[C@H](O)C[C@@H]1O. The molecule has 35 heavy (non-hydrogen) atoms. The minimum atomic E-state index is -0.873. The fourth-order valence-electron chi connectivity index (χ4n) is 4.72. The molecule has 0 saturated heterocycles. The number of likely N-dealkylation sites (N-methyl/N-ethyl adjacent to an activating group) is 1. The van der Waals surface area contributed by atoms with E-state index in [2.05, 4.69) is 17.0 Å². The number of aryl methyl sites for hydroxylation is 1. The average Bonchev–Trinajstić information content (AvgIpc) is 3.10. The van der Waals surface area contributed by atoms with E-state index in [0.29, 0.717) is 51.4 Å². The minimum absolute atomic E-state index is 0.0439. The minimum Gasteiger partial charge on any atom is -0.393 e. The van der Waals surface area contributed by atoms with E-state index in [1.807, 2.05) is 30.4 Å². The number of rotatable bonds is 16. The Morgan fingerprint density at radius 1 is 1.20 bits per heavy atom. The van der Waals surface area contributed by atoms with E-state index >= 15 is 0 Å². The fourth-order valence-corrected chi connectivity index (χ4v) is 4.72. The second-order valence-electron chi connectivity index (χ2n) is 9.43. The summed E-state index contributed by atoms with van der Waals surface area (Å²) in [7, 11) is 1.59. The third-order valence-corrected chi connectivity index (χ3v) is 6.85. The van der Waals surface area contributed by atoms with Crippen LogP contribution in [0, 0.1) is 22.0 Å². The van der Waals surface area contributed by atoms with Gasteiger partial charge in [0, 0.05) is 20.0 Å². The highest BCUT2D eigenvalue weighted by Crippen LogP contribution is 2.38. The number of carbonyl (C=O) groups is 1. The Labute approximate surface area is 207 Å². The quantitative estimate of drug-likeness (QED) is 0.140. The predicted molar refractivity (Wildman–Crippen MR) is 132 cm³/mol. The summed E-state index contributed by atoms with van der Waals surface area (Å²) < 4.78 is 0. The van der Waals surface area contributed by atoms with Gasteiger partial charge in [-0.3, -0.25) is 4.79 Å². The van der Waals surface area contributed by atoms with Crippen molar-refractivity contribution in [2.24, 2.45) is 11.8 Å². The van der Waals surface area contributed by atoms with Crippen molar-refractivity contribution >= 4 is 5.91 Å². The van der Waals surface area contributed by atoms with Crippen molar-refractivity contribution in [1.29, 1.82) is 0 Å². The summed E-state index contributed by atoms with van der Waals surface area (Å²) in [5.74, 6) is -0.180. The molecule has 0 bridgehead atoms. The van der Waals surface area contributed by atoms with Crippen LogP contribution in [0.3, 0.4) is 0 Å². The largest absolute Gasteiger partial charge is 0.393 e. The number of hydrogen-bond acceptors (Lipinski definition) is 7. The van der Waals surface area contributed by atoms with Crippen LogP contribution in [-0.2, 0) is 16.1 Å². The van der Waals surface area contributed by atoms with Crippen molar-refractivity contribution in [2.45, 2.75) is 76.1 Å². The smallest absolute Gasteiger partial charge is 0.294 e. The highest BCUT2D eigenvalue weighted by atomic mass is 16.9. The zero-order chi connectivity index (χ0) is 25.6. The molecule has 0 radical (unpaired) electrons. The van der Waals surface area contributed by atoms with Crippen molar-refractivity contribution in [3.05, 3.63) is 58.2 Å². The lowest BCUT2D eigenvalue weighted by Crippen LogP contribution is -2.30. The van der Waals surface area contributed by atoms with Crippen LogP contribution in [-0.4, -0.2) is 69.7 Å². The van der Waals surface area contributed by atoms with Gasteiger partial charge in [0.05, 0.1) is 18.3 Å². The number of aliphatic hydroxyl groups excluding tert-OH is 3. The number of amides is 1. The Kier molecular flexibility index (Phi) is 12.7. The number of nitrogens with zero attached hydrogens (tertiary/aromatic N) is 2. The van der Waals surface area contributed by atoms with Crippen molar-refractivity contribution in [3.63, 3.8) is 0 Å². The monoisotopic (exact) mass is 492 g/mol. The lowest BCUT2D eigenvalue weighted by molar-refractivity contribution is -0.757. The maximum absolute atomic E-state index is 12.0. The molecule has 0 aromatic heterocycles. The normalized spacial score (nSPS) is 22.9. The molecule has 2 rings (SSSR count). The Bertz CT molecular complexity index is 789. The summed E-state index contributed by atoms with van der Waals surface area (Å²) in [4.78, 5) is 27.8. The highest BCUT2D eigenvalue weighted by molar-refractivity contribution is 5.75. The fraction of sp³-hybridized carbons (Fsp3) is 0.654. The van der Waals surface area contributed by atoms with E-state index in [1.54, 1.807) is 7.05 Å². The summed E-state index contributed by atoms with van der Waals surface area (Å²) in [5, 5.41) is 40.6. The highest BCUT2D eigenvalue weighted by Gasteiger charge is 2.40. The predicted octanol–water partition coefficient (Wildman–Crippen LogP) is 2.90. The first kappa shape index (κ1) is 28.7. The van der Waals surface area contributed by atoms with E-state index in [4.69, 9.17) is 0 Å². The molecule has 0 heterocycles. The van der Waals surface area contributed by atoms with Gasteiger partial charge in [-0.2, -0.15) is 0 Å². The van der Waals surface area contributed by atoms with Gasteiger partial charge < -0.3 is 25.1 Å². The summed E-state index contributed by atoms with van der Waals surface area (Å²) >= 11 is 0. The first-order valence-electron chi connectivity index (χ1n) is 12.5. The third kappa shape index (κ3) is 10.8.